The van der Waals surface area contributed by atoms with Gasteiger partial charge < -0.3 is 4.90 Å². The van der Waals surface area contributed by atoms with E-state index in [-0.39, 0.29) is 22.4 Å². The molecule has 0 N–H and O–H groups in total. The monoisotopic (exact) mass is 331 g/mol. The molecule has 1 aliphatic rings. The van der Waals surface area contributed by atoms with Gasteiger partial charge in [-0.25, -0.2) is 8.78 Å². The van der Waals surface area contributed by atoms with E-state index in [4.69, 9.17) is 0 Å². The normalized spacial score (nSPS) is 16.7. The van der Waals surface area contributed by atoms with Gasteiger partial charge in [-0.2, -0.15) is 0 Å². The molecule has 2 rings (SSSR count). The predicted octanol–water partition coefficient (Wildman–Crippen LogP) is 3.53. The van der Waals surface area contributed by atoms with Crippen LogP contribution in [0.2, 0.25) is 0 Å². The van der Waals surface area contributed by atoms with Gasteiger partial charge >= 0.3 is 0 Å². The molecule has 0 bridgehead atoms. The second-order valence-corrected chi connectivity index (χ2v) is 5.95. The first kappa shape index (κ1) is 14.4. The molecule has 0 atom stereocenters. The molecule has 0 saturated carbocycles. The van der Waals surface area contributed by atoms with E-state index in [0.29, 0.717) is 19.0 Å². The largest absolute Gasteiger partial charge is 0.342 e. The van der Waals surface area contributed by atoms with Crippen LogP contribution < -0.4 is 0 Å². The van der Waals surface area contributed by atoms with Crippen molar-refractivity contribution in [1.82, 2.24) is 4.90 Å². The maximum atomic E-state index is 13.7. The molecule has 0 spiro atoms. The number of halogens is 3. The summed E-state index contributed by atoms with van der Waals surface area (Å²) < 4.78 is 27.1. The molecule has 2 nitrogen and oxygen atoms in total. The molecule has 1 aliphatic heterocycles. The van der Waals surface area contributed by atoms with Crippen LogP contribution in [0.1, 0.15) is 25.3 Å². The van der Waals surface area contributed by atoms with Gasteiger partial charge in [-0.1, -0.05) is 6.92 Å². The zero-order valence-corrected chi connectivity index (χ0v) is 12.3. The fourth-order valence-corrected chi connectivity index (χ4v) is 2.55. The van der Waals surface area contributed by atoms with Crippen molar-refractivity contribution >= 4 is 21.8 Å². The Hall–Kier alpha value is -0.970. The van der Waals surface area contributed by atoms with E-state index >= 15 is 0 Å². The maximum Gasteiger partial charge on any atom is 0.227 e. The number of piperidine rings is 1. The zero-order chi connectivity index (χ0) is 14.0. The molecule has 104 valence electrons. The zero-order valence-electron chi connectivity index (χ0n) is 10.8. The summed E-state index contributed by atoms with van der Waals surface area (Å²) in [5.41, 5.74) is 0.115. The number of carbonyl (C=O) groups excluding carboxylic acids is 1. The van der Waals surface area contributed by atoms with Crippen LogP contribution in [0.3, 0.4) is 0 Å². The lowest BCUT2D eigenvalue weighted by Gasteiger charge is -2.30. The first-order valence-corrected chi connectivity index (χ1v) is 7.18. The van der Waals surface area contributed by atoms with E-state index in [0.717, 1.165) is 25.0 Å². The van der Waals surface area contributed by atoms with Gasteiger partial charge in [0.1, 0.15) is 11.6 Å². The van der Waals surface area contributed by atoms with Crippen molar-refractivity contribution in [2.24, 2.45) is 5.92 Å². The van der Waals surface area contributed by atoms with Crippen LogP contribution in [0.15, 0.2) is 16.6 Å². The summed E-state index contributed by atoms with van der Waals surface area (Å²) in [5, 5.41) is 0. The Morgan fingerprint density at radius 1 is 1.32 bits per heavy atom. The van der Waals surface area contributed by atoms with E-state index in [1.807, 2.05) is 0 Å². The van der Waals surface area contributed by atoms with Crippen LogP contribution in [-0.2, 0) is 11.2 Å². The Morgan fingerprint density at radius 2 is 1.95 bits per heavy atom. The summed E-state index contributed by atoms with van der Waals surface area (Å²) in [6.45, 7) is 3.58. The minimum atomic E-state index is -0.549. The minimum Gasteiger partial charge on any atom is -0.342 e. The number of nitrogens with zero attached hydrogens (tertiary/aromatic N) is 1. The molecule has 0 aromatic heterocycles. The average Bonchev–Trinajstić information content (AvgIpc) is 2.36. The van der Waals surface area contributed by atoms with Crippen molar-refractivity contribution in [3.8, 4) is 0 Å². The summed E-state index contributed by atoms with van der Waals surface area (Å²) in [7, 11) is 0. The van der Waals surface area contributed by atoms with E-state index in [1.54, 1.807) is 4.90 Å². The first-order valence-electron chi connectivity index (χ1n) is 6.38. The summed E-state index contributed by atoms with van der Waals surface area (Å²) in [6.07, 6.45) is 1.87. The second-order valence-electron chi connectivity index (χ2n) is 5.10. The summed E-state index contributed by atoms with van der Waals surface area (Å²) in [4.78, 5) is 13.8. The average molecular weight is 332 g/mol. The number of hydrogen-bond donors (Lipinski definition) is 0. The van der Waals surface area contributed by atoms with Crippen LogP contribution in [0.25, 0.3) is 0 Å². The van der Waals surface area contributed by atoms with Crippen molar-refractivity contribution in [1.29, 1.82) is 0 Å². The Balaban J connectivity index is 2.05. The SMILES string of the molecule is CC1CCN(C(=O)Cc2cc(F)c(Br)cc2F)CC1. The number of rotatable bonds is 2. The highest BCUT2D eigenvalue weighted by Gasteiger charge is 2.21. The third-order valence-electron chi connectivity index (χ3n) is 3.57. The smallest absolute Gasteiger partial charge is 0.227 e. The molecule has 1 aromatic carbocycles. The molecule has 0 aliphatic carbocycles. The molecular weight excluding hydrogens is 316 g/mol. The number of likely N-dealkylation sites (tertiary alicyclic amines) is 1. The molecule has 0 radical (unpaired) electrons. The lowest BCUT2D eigenvalue weighted by atomic mass is 9.98. The second kappa shape index (κ2) is 5.99. The third-order valence-corrected chi connectivity index (χ3v) is 4.18. The molecule has 1 heterocycles. The Morgan fingerprint density at radius 3 is 2.58 bits per heavy atom. The molecule has 1 saturated heterocycles. The van der Waals surface area contributed by atoms with Gasteiger partial charge in [0.05, 0.1) is 10.9 Å². The van der Waals surface area contributed by atoms with Crippen LogP contribution in [0, 0.1) is 17.6 Å². The molecule has 5 heteroatoms. The van der Waals surface area contributed by atoms with Gasteiger partial charge in [-0.15, -0.1) is 0 Å². The topological polar surface area (TPSA) is 20.3 Å². The van der Waals surface area contributed by atoms with Crippen molar-refractivity contribution in [2.75, 3.05) is 13.1 Å². The number of carbonyl (C=O) groups is 1. The number of amides is 1. The van der Waals surface area contributed by atoms with Crippen LogP contribution >= 0.6 is 15.9 Å². The van der Waals surface area contributed by atoms with Gasteiger partial charge in [0.15, 0.2) is 0 Å². The van der Waals surface area contributed by atoms with Crippen molar-refractivity contribution < 1.29 is 13.6 Å². The highest BCUT2D eigenvalue weighted by molar-refractivity contribution is 9.10. The van der Waals surface area contributed by atoms with Gasteiger partial charge in [0, 0.05) is 18.7 Å². The van der Waals surface area contributed by atoms with Crippen molar-refractivity contribution in [3.05, 3.63) is 33.8 Å². The van der Waals surface area contributed by atoms with Crippen LogP contribution in [0.5, 0.6) is 0 Å². The molecule has 1 fully saturated rings. The Labute approximate surface area is 119 Å². The highest BCUT2D eigenvalue weighted by atomic mass is 79.9. The third kappa shape index (κ3) is 3.53. The summed E-state index contributed by atoms with van der Waals surface area (Å²) in [5.74, 6) is -0.595. The van der Waals surface area contributed by atoms with Gasteiger partial charge in [-0.05, 0) is 46.8 Å². The van der Waals surface area contributed by atoms with E-state index in [1.165, 1.54) is 0 Å². The van der Waals surface area contributed by atoms with Gasteiger partial charge in [0.2, 0.25) is 5.91 Å². The summed E-state index contributed by atoms with van der Waals surface area (Å²) in [6, 6.07) is 2.15. The standard InChI is InChI=1S/C14H16BrF2NO/c1-9-2-4-18(5-3-9)14(19)7-10-6-13(17)11(15)8-12(10)16/h6,8-9H,2-5,7H2,1H3. The molecule has 1 aromatic rings. The van der Waals surface area contributed by atoms with Crippen molar-refractivity contribution in [3.63, 3.8) is 0 Å². The van der Waals surface area contributed by atoms with E-state index in [2.05, 4.69) is 22.9 Å². The van der Waals surface area contributed by atoms with E-state index in [9.17, 15) is 13.6 Å². The van der Waals surface area contributed by atoms with Crippen LogP contribution in [0.4, 0.5) is 8.78 Å². The lowest BCUT2D eigenvalue weighted by molar-refractivity contribution is -0.131. The quantitative estimate of drug-likeness (QED) is 0.759. The van der Waals surface area contributed by atoms with Gasteiger partial charge in [-0.3, -0.25) is 4.79 Å². The predicted molar refractivity (Wildman–Crippen MR) is 72.7 cm³/mol. The Kier molecular flexibility index (Phi) is 4.55. The molecule has 19 heavy (non-hydrogen) atoms. The Bertz CT molecular complexity index is 485. The number of benzene rings is 1. The van der Waals surface area contributed by atoms with E-state index < -0.39 is 11.6 Å². The fourth-order valence-electron chi connectivity index (χ4n) is 2.23. The highest BCUT2D eigenvalue weighted by Crippen LogP contribution is 2.22. The molecule has 1 amide bonds. The van der Waals surface area contributed by atoms with Gasteiger partial charge in [0.25, 0.3) is 0 Å². The first-order chi connectivity index (χ1) is 8.97. The minimum absolute atomic E-state index is 0.0768. The molecular formula is C14H16BrF2NO. The fraction of sp³-hybridized carbons (Fsp3) is 0.500. The lowest BCUT2D eigenvalue weighted by Crippen LogP contribution is -2.38. The maximum absolute atomic E-state index is 13.7. The van der Waals surface area contributed by atoms with Crippen LogP contribution in [-0.4, -0.2) is 23.9 Å². The summed E-state index contributed by atoms with van der Waals surface area (Å²) >= 11 is 2.92. The van der Waals surface area contributed by atoms with Crippen molar-refractivity contribution in [2.45, 2.75) is 26.2 Å². The molecule has 0 unspecified atom stereocenters. The number of hydrogen-bond acceptors (Lipinski definition) is 1.